The molecule has 1 fully saturated rings. The molecular weight excluding hydrogens is 260 g/mol. The molecule has 3 N–H and O–H groups in total. The second kappa shape index (κ2) is 5.97. The van der Waals surface area contributed by atoms with Gasteiger partial charge in [-0.2, -0.15) is 25.3 Å². The summed E-state index contributed by atoms with van der Waals surface area (Å²) in [4.78, 5) is 24.3. The first-order chi connectivity index (χ1) is 7.88. The molecule has 0 spiro atoms. The Balaban J connectivity index is 2.81. The number of aliphatic carboxylic acids is 1. The van der Waals surface area contributed by atoms with Gasteiger partial charge in [-0.25, -0.2) is 4.79 Å². The number of carbonyl (C=O) groups excluding carboxylic acids is 1. The van der Waals surface area contributed by atoms with Crippen molar-refractivity contribution in [3.63, 3.8) is 0 Å². The SMILES string of the molecule is C[C@H](N)C(=O)N1CC(C(S)CS)C[C@H]1C(=O)O. The molecule has 0 aromatic heterocycles. The highest BCUT2D eigenvalue weighted by Crippen LogP contribution is 2.29. The lowest BCUT2D eigenvalue weighted by Gasteiger charge is -2.23. The van der Waals surface area contributed by atoms with E-state index in [1.807, 2.05) is 0 Å². The number of carboxylic acid groups (broad SMARTS) is 1. The number of rotatable bonds is 4. The molecule has 0 aromatic carbocycles. The number of amides is 1. The van der Waals surface area contributed by atoms with Crippen LogP contribution in [0, 0.1) is 5.92 Å². The quantitative estimate of drug-likeness (QED) is 0.540. The van der Waals surface area contributed by atoms with Crippen LogP contribution in [-0.2, 0) is 9.59 Å². The van der Waals surface area contributed by atoms with Gasteiger partial charge in [0.05, 0.1) is 6.04 Å². The minimum Gasteiger partial charge on any atom is -0.480 e. The molecule has 1 saturated heterocycles. The van der Waals surface area contributed by atoms with Crippen molar-refractivity contribution in [1.82, 2.24) is 4.90 Å². The largest absolute Gasteiger partial charge is 0.480 e. The smallest absolute Gasteiger partial charge is 0.326 e. The van der Waals surface area contributed by atoms with Gasteiger partial charge in [0.2, 0.25) is 5.91 Å². The third kappa shape index (κ3) is 3.29. The van der Waals surface area contributed by atoms with E-state index in [4.69, 9.17) is 10.8 Å². The monoisotopic (exact) mass is 278 g/mol. The van der Waals surface area contributed by atoms with Crippen LogP contribution in [0.15, 0.2) is 0 Å². The summed E-state index contributed by atoms with van der Waals surface area (Å²) in [6.45, 7) is 1.96. The normalized spacial score (nSPS) is 27.9. The van der Waals surface area contributed by atoms with Gasteiger partial charge in [0.1, 0.15) is 6.04 Å². The molecule has 0 saturated carbocycles. The fourth-order valence-corrected chi connectivity index (χ4v) is 2.55. The molecule has 0 aliphatic carbocycles. The zero-order chi connectivity index (χ0) is 13.2. The van der Waals surface area contributed by atoms with Gasteiger partial charge in [-0.05, 0) is 19.3 Å². The molecule has 0 aromatic rings. The van der Waals surface area contributed by atoms with Crippen LogP contribution in [-0.4, -0.2) is 51.5 Å². The number of carboxylic acids is 1. The molecule has 5 nitrogen and oxygen atoms in total. The standard InChI is InChI=1S/C10H18N2O3S2/c1-5(11)9(13)12-3-6(8(17)4-16)2-7(12)10(14)15/h5-8,16-17H,2-4,11H2,1H3,(H,14,15)/t5-,6?,7-,8?/m0/s1. The number of hydrogen-bond acceptors (Lipinski definition) is 5. The van der Waals surface area contributed by atoms with E-state index in [1.165, 1.54) is 4.90 Å². The third-order valence-electron chi connectivity index (χ3n) is 3.02. The fourth-order valence-electron chi connectivity index (χ4n) is 2.04. The molecule has 1 amide bonds. The van der Waals surface area contributed by atoms with Crippen molar-refractivity contribution in [2.24, 2.45) is 11.7 Å². The molecule has 17 heavy (non-hydrogen) atoms. The maximum Gasteiger partial charge on any atom is 0.326 e. The minimum absolute atomic E-state index is 0.00827. The van der Waals surface area contributed by atoms with Crippen LogP contribution in [0.25, 0.3) is 0 Å². The summed E-state index contributed by atoms with van der Waals surface area (Å²) in [5.74, 6) is -0.694. The van der Waals surface area contributed by atoms with Crippen LogP contribution in [0.3, 0.4) is 0 Å². The van der Waals surface area contributed by atoms with Gasteiger partial charge in [-0.3, -0.25) is 4.79 Å². The number of nitrogens with zero attached hydrogens (tertiary/aromatic N) is 1. The summed E-state index contributed by atoms with van der Waals surface area (Å²) < 4.78 is 0. The molecule has 1 heterocycles. The van der Waals surface area contributed by atoms with Crippen molar-refractivity contribution in [3.05, 3.63) is 0 Å². The number of nitrogens with two attached hydrogens (primary N) is 1. The zero-order valence-electron chi connectivity index (χ0n) is 9.61. The topological polar surface area (TPSA) is 83.6 Å². The number of carbonyl (C=O) groups is 2. The van der Waals surface area contributed by atoms with Gasteiger partial charge in [-0.1, -0.05) is 0 Å². The number of thiol groups is 2. The maximum atomic E-state index is 11.8. The molecule has 0 radical (unpaired) electrons. The van der Waals surface area contributed by atoms with Crippen molar-refractivity contribution in [2.75, 3.05) is 12.3 Å². The van der Waals surface area contributed by atoms with E-state index in [-0.39, 0.29) is 17.1 Å². The van der Waals surface area contributed by atoms with Crippen LogP contribution in [0.4, 0.5) is 0 Å². The first-order valence-corrected chi connectivity index (χ1v) is 6.61. The average molecular weight is 278 g/mol. The Morgan fingerprint density at radius 1 is 1.59 bits per heavy atom. The second-order valence-electron chi connectivity index (χ2n) is 4.38. The average Bonchev–Trinajstić information content (AvgIpc) is 2.71. The van der Waals surface area contributed by atoms with Gasteiger partial charge in [0.25, 0.3) is 0 Å². The predicted molar refractivity (Wildman–Crippen MR) is 71.5 cm³/mol. The van der Waals surface area contributed by atoms with Crippen molar-refractivity contribution in [1.29, 1.82) is 0 Å². The van der Waals surface area contributed by atoms with E-state index in [9.17, 15) is 9.59 Å². The maximum absolute atomic E-state index is 11.8. The van der Waals surface area contributed by atoms with Crippen LogP contribution in [0.1, 0.15) is 13.3 Å². The molecule has 1 rings (SSSR count). The first kappa shape index (κ1) is 14.7. The zero-order valence-corrected chi connectivity index (χ0v) is 11.4. The van der Waals surface area contributed by atoms with E-state index < -0.39 is 18.1 Å². The van der Waals surface area contributed by atoms with Crippen molar-refractivity contribution < 1.29 is 14.7 Å². The van der Waals surface area contributed by atoms with Crippen LogP contribution in [0.2, 0.25) is 0 Å². The molecule has 4 atom stereocenters. The van der Waals surface area contributed by atoms with E-state index in [0.717, 1.165) is 0 Å². The molecule has 1 aliphatic rings. The Morgan fingerprint density at radius 3 is 2.59 bits per heavy atom. The highest BCUT2D eigenvalue weighted by molar-refractivity contribution is 7.84. The molecule has 7 heteroatoms. The van der Waals surface area contributed by atoms with Crippen LogP contribution >= 0.6 is 25.3 Å². The Kier molecular flexibility index (Phi) is 5.15. The van der Waals surface area contributed by atoms with E-state index in [2.05, 4.69) is 25.3 Å². The van der Waals surface area contributed by atoms with Gasteiger partial charge in [0, 0.05) is 17.5 Å². The predicted octanol–water partition coefficient (Wildman–Crippen LogP) is -0.136. The number of hydrogen-bond donors (Lipinski definition) is 4. The van der Waals surface area contributed by atoms with E-state index in [0.29, 0.717) is 18.7 Å². The summed E-state index contributed by atoms with van der Waals surface area (Å²) in [6.07, 6.45) is 0.419. The lowest BCUT2D eigenvalue weighted by Crippen LogP contribution is -2.47. The number of likely N-dealkylation sites (tertiary alicyclic amines) is 1. The summed E-state index contributed by atoms with van der Waals surface area (Å²) in [5, 5.41) is 9.10. The van der Waals surface area contributed by atoms with Gasteiger partial charge < -0.3 is 15.7 Å². The minimum atomic E-state index is -0.985. The molecule has 0 bridgehead atoms. The fraction of sp³-hybridized carbons (Fsp3) is 0.800. The highest BCUT2D eigenvalue weighted by atomic mass is 32.1. The summed E-state index contributed by atoms with van der Waals surface area (Å²) in [7, 11) is 0. The summed E-state index contributed by atoms with van der Waals surface area (Å²) >= 11 is 8.50. The third-order valence-corrected chi connectivity index (χ3v) is 4.31. The van der Waals surface area contributed by atoms with Crippen molar-refractivity contribution in [2.45, 2.75) is 30.7 Å². The summed E-state index contributed by atoms with van der Waals surface area (Å²) in [5.41, 5.74) is 5.51. The Labute approximate surface area is 112 Å². The highest BCUT2D eigenvalue weighted by Gasteiger charge is 2.41. The van der Waals surface area contributed by atoms with E-state index >= 15 is 0 Å². The molecular formula is C10H18N2O3S2. The molecule has 2 unspecified atom stereocenters. The summed E-state index contributed by atoms with van der Waals surface area (Å²) in [6, 6.07) is -1.46. The van der Waals surface area contributed by atoms with Crippen LogP contribution < -0.4 is 5.73 Å². The van der Waals surface area contributed by atoms with Crippen molar-refractivity contribution in [3.8, 4) is 0 Å². The van der Waals surface area contributed by atoms with Gasteiger partial charge in [0.15, 0.2) is 0 Å². The Bertz CT molecular complexity index is 312. The lowest BCUT2D eigenvalue weighted by atomic mass is 10.0. The lowest BCUT2D eigenvalue weighted by molar-refractivity contribution is -0.148. The second-order valence-corrected chi connectivity index (χ2v) is 5.41. The van der Waals surface area contributed by atoms with Crippen molar-refractivity contribution >= 4 is 37.1 Å². The van der Waals surface area contributed by atoms with Crippen LogP contribution in [0.5, 0.6) is 0 Å². The molecule has 1 aliphatic heterocycles. The Morgan fingerprint density at radius 2 is 2.18 bits per heavy atom. The van der Waals surface area contributed by atoms with Gasteiger partial charge >= 0.3 is 5.97 Å². The van der Waals surface area contributed by atoms with Gasteiger partial charge in [-0.15, -0.1) is 0 Å². The first-order valence-electron chi connectivity index (χ1n) is 5.46. The molecule has 98 valence electrons. The Hall–Kier alpha value is -0.400. The van der Waals surface area contributed by atoms with E-state index in [1.54, 1.807) is 6.92 Å².